The first-order chi connectivity index (χ1) is 14.3. The topological polar surface area (TPSA) is 41.5 Å². The quantitative estimate of drug-likeness (QED) is 0.559. The summed E-state index contributed by atoms with van der Waals surface area (Å²) in [4.78, 5) is 0. The van der Waals surface area contributed by atoms with Crippen LogP contribution in [-0.4, -0.2) is 29.6 Å². The van der Waals surface area contributed by atoms with Gasteiger partial charge in [-0.1, -0.05) is 27.7 Å². The Morgan fingerprint density at radius 1 is 0.867 bits per heavy atom. The summed E-state index contributed by atoms with van der Waals surface area (Å²) >= 11 is 0. The van der Waals surface area contributed by atoms with Crippen LogP contribution in [-0.2, 0) is 4.74 Å². The summed E-state index contributed by atoms with van der Waals surface area (Å²) in [5.74, 6) is 5.57. The lowest BCUT2D eigenvalue weighted by molar-refractivity contribution is -0.140. The number of hydrogen-bond acceptors (Lipinski definition) is 3. The fraction of sp³-hybridized carbons (Fsp3) is 1.00. The van der Waals surface area contributed by atoms with Crippen LogP contribution in [0.1, 0.15) is 91.9 Å². The lowest BCUT2D eigenvalue weighted by atomic mass is 9.44. The van der Waals surface area contributed by atoms with Gasteiger partial charge in [0.2, 0.25) is 0 Å². The molecule has 12 atom stereocenters. The van der Waals surface area contributed by atoms with Crippen molar-refractivity contribution in [2.24, 2.45) is 52.3 Å². The van der Waals surface area contributed by atoms with Gasteiger partial charge in [0.25, 0.3) is 0 Å². The predicted octanol–water partition coefficient (Wildman–Crippen LogP) is 5.37. The molecule has 0 amide bonds. The van der Waals surface area contributed by atoms with Crippen molar-refractivity contribution in [3.05, 3.63) is 0 Å². The Morgan fingerprint density at radius 2 is 1.67 bits per heavy atom. The third kappa shape index (κ3) is 2.61. The zero-order valence-electron chi connectivity index (χ0n) is 19.8. The number of rotatable bonds is 0. The molecule has 2 saturated heterocycles. The van der Waals surface area contributed by atoms with Crippen LogP contribution in [0.15, 0.2) is 0 Å². The normalized spacial score (nSPS) is 62.5. The van der Waals surface area contributed by atoms with E-state index in [0.717, 1.165) is 54.9 Å². The third-order valence-electron chi connectivity index (χ3n) is 12.1. The monoisotopic (exact) mass is 415 g/mol. The molecule has 3 heteroatoms. The maximum absolute atomic E-state index is 10.3. The van der Waals surface area contributed by atoms with E-state index in [2.05, 4.69) is 33.0 Å². The van der Waals surface area contributed by atoms with Gasteiger partial charge >= 0.3 is 0 Å². The van der Waals surface area contributed by atoms with Crippen molar-refractivity contribution in [1.82, 2.24) is 5.32 Å². The van der Waals surface area contributed by atoms with Crippen molar-refractivity contribution in [3.8, 4) is 0 Å². The van der Waals surface area contributed by atoms with Gasteiger partial charge in [-0.15, -0.1) is 0 Å². The molecule has 0 radical (unpaired) electrons. The molecule has 170 valence electrons. The molecule has 0 bridgehead atoms. The highest BCUT2D eigenvalue weighted by Gasteiger charge is 2.68. The van der Waals surface area contributed by atoms with Crippen LogP contribution < -0.4 is 5.32 Å². The van der Waals surface area contributed by atoms with Gasteiger partial charge in [-0.25, -0.2) is 0 Å². The van der Waals surface area contributed by atoms with E-state index >= 15 is 0 Å². The van der Waals surface area contributed by atoms with Gasteiger partial charge in [0, 0.05) is 12.5 Å². The fourth-order valence-corrected chi connectivity index (χ4v) is 10.4. The molecule has 2 N–H and O–H groups in total. The Kier molecular flexibility index (Phi) is 4.58. The molecular weight excluding hydrogens is 370 g/mol. The Bertz CT molecular complexity index is 686. The van der Waals surface area contributed by atoms with Crippen molar-refractivity contribution in [1.29, 1.82) is 0 Å². The first-order valence-electron chi connectivity index (χ1n) is 13.4. The fourth-order valence-electron chi connectivity index (χ4n) is 10.4. The van der Waals surface area contributed by atoms with Crippen molar-refractivity contribution in [2.45, 2.75) is 110 Å². The molecule has 6 rings (SSSR count). The van der Waals surface area contributed by atoms with E-state index < -0.39 is 0 Å². The van der Waals surface area contributed by atoms with Crippen molar-refractivity contribution < 1.29 is 9.84 Å². The summed E-state index contributed by atoms with van der Waals surface area (Å²) in [6, 6.07) is 0. The summed E-state index contributed by atoms with van der Waals surface area (Å²) in [5.41, 5.74) is 0.919. The number of nitrogens with one attached hydrogen (secondary N) is 1. The second kappa shape index (κ2) is 6.70. The highest BCUT2D eigenvalue weighted by atomic mass is 16.5. The third-order valence-corrected chi connectivity index (χ3v) is 12.1. The number of ether oxygens (including phenoxy) is 1. The second-order valence-electron chi connectivity index (χ2n) is 13.3. The van der Waals surface area contributed by atoms with Gasteiger partial charge in [0.15, 0.2) is 0 Å². The number of piperidine rings is 1. The molecule has 4 aliphatic carbocycles. The summed E-state index contributed by atoms with van der Waals surface area (Å²) in [7, 11) is 0. The Labute approximate surface area is 184 Å². The number of fused-ring (bicyclic) bond motifs is 7. The molecule has 1 spiro atoms. The average Bonchev–Trinajstić information content (AvgIpc) is 3.16. The summed E-state index contributed by atoms with van der Waals surface area (Å²) in [5, 5.41) is 14.2. The zero-order valence-corrected chi connectivity index (χ0v) is 19.8. The Balaban J connectivity index is 1.26. The maximum atomic E-state index is 10.3. The minimum atomic E-state index is -0.0320. The molecule has 30 heavy (non-hydrogen) atoms. The molecule has 0 aromatic heterocycles. The number of aliphatic hydroxyl groups excluding tert-OH is 1. The summed E-state index contributed by atoms with van der Waals surface area (Å²) < 4.78 is 7.01. The van der Waals surface area contributed by atoms with Crippen LogP contribution in [0.4, 0.5) is 0 Å². The van der Waals surface area contributed by atoms with E-state index in [-0.39, 0.29) is 11.8 Å². The smallest absolute Gasteiger partial charge is 0.122 e. The van der Waals surface area contributed by atoms with Crippen LogP contribution >= 0.6 is 0 Å². The van der Waals surface area contributed by atoms with Crippen LogP contribution in [0, 0.1) is 52.3 Å². The van der Waals surface area contributed by atoms with Gasteiger partial charge in [-0.3, -0.25) is 5.32 Å². The van der Waals surface area contributed by atoms with Crippen LogP contribution in [0.3, 0.4) is 0 Å². The number of aliphatic hydroxyl groups is 1. The van der Waals surface area contributed by atoms with Gasteiger partial charge in [-0.2, -0.15) is 0 Å². The molecule has 4 saturated carbocycles. The maximum Gasteiger partial charge on any atom is 0.122 e. The van der Waals surface area contributed by atoms with Gasteiger partial charge in [-0.05, 0) is 111 Å². The molecule has 6 aliphatic rings. The van der Waals surface area contributed by atoms with Gasteiger partial charge in [0.05, 0.1) is 12.2 Å². The van der Waals surface area contributed by atoms with Crippen molar-refractivity contribution in [2.75, 3.05) is 6.54 Å². The predicted molar refractivity (Wildman–Crippen MR) is 120 cm³/mol. The largest absolute Gasteiger partial charge is 0.393 e. The molecule has 0 aromatic rings. The standard InChI is InChI=1S/C27H45NO2/c1-16-7-12-27(28-15-16)17(2)24-23(30-27)14-22-20-6-5-18-13-19(29)8-10-25(18,3)21(20)9-11-26(22,24)4/h16-24,28-29H,5-15H2,1-4H3/t16-,17+,18+,19+,20-,21+,22-,23+,24+,25+,26+,27+/m1/s1. The molecule has 2 aliphatic heterocycles. The molecule has 0 unspecified atom stereocenters. The first-order valence-corrected chi connectivity index (χ1v) is 13.4. The highest BCUT2D eigenvalue weighted by molar-refractivity contribution is 5.16. The van der Waals surface area contributed by atoms with Gasteiger partial charge < -0.3 is 9.84 Å². The van der Waals surface area contributed by atoms with E-state index in [4.69, 9.17) is 4.74 Å². The van der Waals surface area contributed by atoms with Crippen molar-refractivity contribution >= 4 is 0 Å². The lowest BCUT2D eigenvalue weighted by Gasteiger charge is -2.61. The van der Waals surface area contributed by atoms with E-state index in [0.29, 0.717) is 22.9 Å². The molecule has 2 heterocycles. The minimum absolute atomic E-state index is 0.0319. The van der Waals surface area contributed by atoms with Crippen LogP contribution in [0.2, 0.25) is 0 Å². The zero-order chi connectivity index (χ0) is 20.9. The molecule has 6 fully saturated rings. The average molecular weight is 416 g/mol. The summed E-state index contributed by atoms with van der Waals surface area (Å²) in [6.07, 6.45) is 13.2. The Morgan fingerprint density at radius 3 is 2.43 bits per heavy atom. The SMILES string of the molecule is C[C@@H]1CC[C@]2(NC1)O[C@H]1C[C@@H]3[C@@H]4CC[C@H]5C[C@@H](O)CC[C@]5(C)[C@H]4CC[C@]3(C)[C@H]1[C@@H]2C. The van der Waals surface area contributed by atoms with Crippen LogP contribution in [0.25, 0.3) is 0 Å². The molecular formula is C27H45NO2. The molecule has 3 nitrogen and oxygen atoms in total. The van der Waals surface area contributed by atoms with Crippen LogP contribution in [0.5, 0.6) is 0 Å². The Hall–Kier alpha value is -0.120. The summed E-state index contributed by atoms with van der Waals surface area (Å²) in [6.45, 7) is 11.3. The lowest BCUT2D eigenvalue weighted by Crippen LogP contribution is -2.57. The first kappa shape index (κ1) is 20.5. The molecule has 0 aromatic carbocycles. The van der Waals surface area contributed by atoms with E-state index in [1.165, 1.54) is 51.4 Å². The van der Waals surface area contributed by atoms with E-state index in [1.807, 2.05) is 0 Å². The van der Waals surface area contributed by atoms with Crippen molar-refractivity contribution in [3.63, 3.8) is 0 Å². The van der Waals surface area contributed by atoms with Gasteiger partial charge in [0.1, 0.15) is 5.72 Å². The number of hydrogen-bond donors (Lipinski definition) is 2. The van der Waals surface area contributed by atoms with E-state index in [1.54, 1.807) is 0 Å². The highest BCUT2D eigenvalue weighted by Crippen LogP contribution is 2.71. The second-order valence-corrected chi connectivity index (χ2v) is 13.3. The van der Waals surface area contributed by atoms with E-state index in [9.17, 15) is 5.11 Å². The minimum Gasteiger partial charge on any atom is -0.393 e.